The summed E-state index contributed by atoms with van der Waals surface area (Å²) in [7, 11) is 0. The van der Waals surface area contributed by atoms with E-state index in [1.54, 1.807) is 24.3 Å². The Morgan fingerprint density at radius 2 is 1.50 bits per heavy atom. The van der Waals surface area contributed by atoms with E-state index >= 15 is 0 Å². The minimum absolute atomic E-state index is 0.119. The van der Waals surface area contributed by atoms with E-state index in [-0.39, 0.29) is 42.1 Å². The summed E-state index contributed by atoms with van der Waals surface area (Å²) in [5, 5.41) is 0. The monoisotopic (exact) mass is 373 g/mol. The van der Waals surface area contributed by atoms with Gasteiger partial charge in [-0.25, -0.2) is 4.79 Å². The van der Waals surface area contributed by atoms with Crippen LogP contribution in [0.25, 0.3) is 0 Å². The van der Waals surface area contributed by atoms with Crippen LogP contribution < -0.4 is 4.90 Å². The molecule has 3 aliphatic rings. The molecule has 1 saturated carbocycles. The number of esters is 1. The van der Waals surface area contributed by atoms with Crippen molar-refractivity contribution in [1.29, 1.82) is 0 Å². The number of carbonyl (C=O) groups excluding carboxylic acids is 3. The Morgan fingerprint density at radius 3 is 2.11 bits per heavy atom. The van der Waals surface area contributed by atoms with Crippen molar-refractivity contribution in [3.05, 3.63) is 77.9 Å². The standard InChI is InChI=1S/C23H19NO4/c25-21-19-16-6-7-17(12-16)20(19)22(26)24(21)18-10-8-15(9-11-18)23(27)28-13-14-4-2-1-3-5-14/h1-11,16-17,19-20H,12-13H2/t16-,17-,19+,20+/m1/s1. The maximum atomic E-state index is 12.8. The van der Waals surface area contributed by atoms with Crippen LogP contribution in [0.5, 0.6) is 0 Å². The molecule has 2 aliphatic carbocycles. The van der Waals surface area contributed by atoms with E-state index in [9.17, 15) is 14.4 Å². The van der Waals surface area contributed by atoms with Crippen LogP contribution in [0, 0.1) is 23.7 Å². The number of imide groups is 1. The van der Waals surface area contributed by atoms with Gasteiger partial charge in [0.05, 0.1) is 23.1 Å². The van der Waals surface area contributed by atoms with E-state index in [0.29, 0.717) is 11.3 Å². The van der Waals surface area contributed by atoms with Crippen molar-refractivity contribution in [3.63, 3.8) is 0 Å². The van der Waals surface area contributed by atoms with Crippen molar-refractivity contribution in [2.45, 2.75) is 13.0 Å². The molecule has 5 rings (SSSR count). The number of fused-ring (bicyclic) bond motifs is 5. The largest absolute Gasteiger partial charge is 0.457 e. The molecule has 0 spiro atoms. The molecule has 1 aliphatic heterocycles. The molecule has 140 valence electrons. The highest BCUT2D eigenvalue weighted by Gasteiger charge is 2.59. The first-order chi connectivity index (χ1) is 13.6. The van der Waals surface area contributed by atoms with Crippen LogP contribution >= 0.6 is 0 Å². The number of carbonyl (C=O) groups is 3. The summed E-state index contributed by atoms with van der Waals surface area (Å²) < 4.78 is 5.32. The molecule has 0 unspecified atom stereocenters. The van der Waals surface area contributed by atoms with Gasteiger partial charge in [0.15, 0.2) is 0 Å². The molecule has 2 bridgehead atoms. The Hall–Kier alpha value is -3.21. The number of benzene rings is 2. The molecule has 5 nitrogen and oxygen atoms in total. The third-order valence-electron chi connectivity index (χ3n) is 6.04. The van der Waals surface area contributed by atoms with E-state index in [0.717, 1.165) is 12.0 Å². The van der Waals surface area contributed by atoms with Crippen LogP contribution in [0.15, 0.2) is 66.7 Å². The fourth-order valence-corrected chi connectivity index (χ4v) is 4.71. The van der Waals surface area contributed by atoms with Crippen molar-refractivity contribution in [2.24, 2.45) is 23.7 Å². The smallest absolute Gasteiger partial charge is 0.338 e. The molecule has 2 aromatic carbocycles. The van der Waals surface area contributed by atoms with Gasteiger partial charge >= 0.3 is 5.97 Å². The Labute approximate surface area is 162 Å². The lowest BCUT2D eigenvalue weighted by atomic mass is 9.85. The van der Waals surface area contributed by atoms with Crippen LogP contribution in [0.1, 0.15) is 22.3 Å². The summed E-state index contributed by atoms with van der Waals surface area (Å²) in [4.78, 5) is 39.2. The molecule has 1 saturated heterocycles. The zero-order chi connectivity index (χ0) is 19.3. The van der Waals surface area contributed by atoms with Gasteiger partial charge < -0.3 is 4.74 Å². The first-order valence-corrected chi connectivity index (χ1v) is 9.51. The van der Waals surface area contributed by atoms with E-state index in [2.05, 4.69) is 12.2 Å². The maximum absolute atomic E-state index is 12.8. The van der Waals surface area contributed by atoms with E-state index in [1.807, 2.05) is 30.3 Å². The van der Waals surface area contributed by atoms with Crippen molar-refractivity contribution in [2.75, 3.05) is 4.90 Å². The summed E-state index contributed by atoms with van der Waals surface area (Å²) in [5.41, 5.74) is 1.82. The number of ether oxygens (including phenoxy) is 1. The number of hydrogen-bond donors (Lipinski definition) is 0. The van der Waals surface area contributed by atoms with Crippen molar-refractivity contribution in [1.82, 2.24) is 0 Å². The van der Waals surface area contributed by atoms with E-state index in [4.69, 9.17) is 4.74 Å². The molecule has 28 heavy (non-hydrogen) atoms. The van der Waals surface area contributed by atoms with Crippen molar-refractivity contribution >= 4 is 23.5 Å². The van der Waals surface area contributed by atoms with Gasteiger partial charge in [0.1, 0.15) is 6.61 Å². The molecule has 1 heterocycles. The van der Waals surface area contributed by atoms with Gasteiger partial charge in [-0.1, -0.05) is 42.5 Å². The fraction of sp³-hybridized carbons (Fsp3) is 0.261. The summed E-state index contributed by atoms with van der Waals surface area (Å²) in [6.45, 7) is 0.198. The zero-order valence-electron chi connectivity index (χ0n) is 15.2. The SMILES string of the molecule is O=C(OCc1ccccc1)c1ccc(N2C(=O)[C@@H]3[C@@H](C2=O)[C@@H]2C=C[C@@H]3C2)cc1. The van der Waals surface area contributed by atoms with Gasteiger partial charge in [-0.2, -0.15) is 0 Å². The second-order valence-corrected chi connectivity index (χ2v) is 7.62. The molecule has 2 aromatic rings. The van der Waals surface area contributed by atoms with Gasteiger partial charge in [0, 0.05) is 0 Å². The van der Waals surface area contributed by atoms with E-state index in [1.165, 1.54) is 4.90 Å². The molecular weight excluding hydrogens is 354 g/mol. The number of hydrogen-bond acceptors (Lipinski definition) is 4. The fourth-order valence-electron chi connectivity index (χ4n) is 4.71. The molecule has 2 amide bonds. The average Bonchev–Trinajstić information content (AvgIpc) is 3.41. The summed E-state index contributed by atoms with van der Waals surface area (Å²) in [5.74, 6) is -0.755. The lowest BCUT2D eigenvalue weighted by molar-refractivity contribution is -0.123. The van der Waals surface area contributed by atoms with Crippen molar-refractivity contribution < 1.29 is 19.1 Å². The third-order valence-corrected chi connectivity index (χ3v) is 6.04. The number of nitrogens with zero attached hydrogens (tertiary/aromatic N) is 1. The van der Waals surface area contributed by atoms with Crippen LogP contribution in [0.4, 0.5) is 5.69 Å². The van der Waals surface area contributed by atoms with Gasteiger partial charge in [-0.15, -0.1) is 0 Å². The highest BCUT2D eigenvalue weighted by molar-refractivity contribution is 6.22. The Kier molecular flexibility index (Phi) is 3.90. The Morgan fingerprint density at radius 1 is 0.893 bits per heavy atom. The second kappa shape index (κ2) is 6.44. The molecular formula is C23H19NO4. The van der Waals surface area contributed by atoms with Crippen LogP contribution in [0.2, 0.25) is 0 Å². The summed E-state index contributed by atoms with van der Waals surface area (Å²) in [6, 6.07) is 15.9. The number of allylic oxidation sites excluding steroid dienone is 2. The first kappa shape index (κ1) is 16.9. The topological polar surface area (TPSA) is 63.7 Å². The lowest BCUT2D eigenvalue weighted by Gasteiger charge is -2.17. The Balaban J connectivity index is 1.30. The molecule has 4 atom stereocenters. The lowest BCUT2D eigenvalue weighted by Crippen LogP contribution is -2.32. The van der Waals surface area contributed by atoms with Gasteiger partial charge in [-0.05, 0) is 48.1 Å². The second-order valence-electron chi connectivity index (χ2n) is 7.62. The zero-order valence-corrected chi connectivity index (χ0v) is 15.2. The first-order valence-electron chi connectivity index (χ1n) is 9.51. The van der Waals surface area contributed by atoms with Crippen LogP contribution in [-0.2, 0) is 20.9 Å². The van der Waals surface area contributed by atoms with Gasteiger partial charge in [0.2, 0.25) is 11.8 Å². The normalized spacial score (nSPS) is 27.4. The highest BCUT2D eigenvalue weighted by atomic mass is 16.5. The Bertz CT molecular complexity index is 949. The van der Waals surface area contributed by atoms with E-state index < -0.39 is 5.97 Å². The minimum Gasteiger partial charge on any atom is -0.457 e. The molecule has 5 heteroatoms. The third kappa shape index (κ3) is 2.58. The van der Waals surface area contributed by atoms with Crippen molar-refractivity contribution in [3.8, 4) is 0 Å². The molecule has 2 fully saturated rings. The molecule has 0 radical (unpaired) electrons. The maximum Gasteiger partial charge on any atom is 0.338 e. The van der Waals surface area contributed by atoms with Crippen LogP contribution in [-0.4, -0.2) is 17.8 Å². The average molecular weight is 373 g/mol. The number of rotatable bonds is 4. The van der Waals surface area contributed by atoms with Gasteiger partial charge in [-0.3, -0.25) is 14.5 Å². The molecule has 0 N–H and O–H groups in total. The summed E-state index contributed by atoms with van der Waals surface area (Å²) in [6.07, 6.45) is 5.06. The summed E-state index contributed by atoms with van der Waals surface area (Å²) >= 11 is 0. The predicted octanol–water partition coefficient (Wildman–Crippen LogP) is 3.36. The molecule has 0 aromatic heterocycles. The number of amides is 2. The quantitative estimate of drug-likeness (QED) is 0.468. The highest BCUT2D eigenvalue weighted by Crippen LogP contribution is 2.53. The minimum atomic E-state index is -0.436. The van der Waals surface area contributed by atoms with Gasteiger partial charge in [0.25, 0.3) is 0 Å². The predicted molar refractivity (Wildman–Crippen MR) is 102 cm³/mol. The number of anilines is 1. The van der Waals surface area contributed by atoms with Crippen LogP contribution in [0.3, 0.4) is 0 Å².